The zero-order valence-electron chi connectivity index (χ0n) is 12.6. The number of hydrogen-bond acceptors (Lipinski definition) is 3. The van der Waals surface area contributed by atoms with Crippen molar-refractivity contribution in [1.29, 1.82) is 0 Å². The van der Waals surface area contributed by atoms with Crippen LogP contribution in [0, 0.1) is 0 Å². The molecule has 0 aliphatic heterocycles. The molecule has 1 aliphatic carbocycles. The van der Waals surface area contributed by atoms with Gasteiger partial charge in [-0.25, -0.2) is 4.98 Å². The zero-order chi connectivity index (χ0) is 14.5. The number of anilines is 1. The summed E-state index contributed by atoms with van der Waals surface area (Å²) in [5, 5.41) is 3.22. The van der Waals surface area contributed by atoms with Crippen molar-refractivity contribution < 1.29 is 4.74 Å². The van der Waals surface area contributed by atoms with Gasteiger partial charge in [0.05, 0.1) is 0 Å². The minimum Gasteiger partial charge on any atom is -0.489 e. The molecule has 0 unspecified atom stereocenters. The molecule has 1 aliphatic rings. The maximum absolute atomic E-state index is 5.94. The molecule has 1 aromatic heterocycles. The van der Waals surface area contributed by atoms with E-state index in [-0.39, 0.29) is 0 Å². The molecule has 2 aromatic rings. The number of nitrogens with zero attached hydrogens (tertiary/aromatic N) is 1. The van der Waals surface area contributed by atoms with Crippen molar-refractivity contribution in [3.05, 3.63) is 53.2 Å². The number of aryl methyl sites for hydroxylation is 2. The number of hydrogen-bond donors (Lipinski definition) is 1. The topological polar surface area (TPSA) is 34.1 Å². The van der Waals surface area contributed by atoms with Gasteiger partial charge in [0, 0.05) is 12.7 Å². The fraction of sp³-hybridized carbons (Fsp3) is 0.389. The van der Waals surface area contributed by atoms with E-state index < -0.39 is 0 Å². The quantitative estimate of drug-likeness (QED) is 0.901. The van der Waals surface area contributed by atoms with E-state index in [9.17, 15) is 0 Å². The Balaban J connectivity index is 1.66. The van der Waals surface area contributed by atoms with Crippen molar-refractivity contribution in [2.24, 2.45) is 0 Å². The van der Waals surface area contributed by atoms with Crippen molar-refractivity contribution in [2.75, 3.05) is 11.9 Å². The zero-order valence-corrected chi connectivity index (χ0v) is 12.6. The largest absolute Gasteiger partial charge is 0.489 e. The van der Waals surface area contributed by atoms with Crippen molar-refractivity contribution in [2.45, 2.75) is 39.2 Å². The lowest BCUT2D eigenvalue weighted by molar-refractivity contribution is 0.305. The molecule has 3 nitrogen and oxygen atoms in total. The lowest BCUT2D eigenvalue weighted by Gasteiger charge is -2.17. The number of rotatable bonds is 5. The van der Waals surface area contributed by atoms with E-state index in [0.717, 1.165) is 23.7 Å². The van der Waals surface area contributed by atoms with E-state index in [2.05, 4.69) is 35.4 Å². The number of fused-ring (bicyclic) bond motifs is 1. The second-order valence-corrected chi connectivity index (χ2v) is 5.51. The van der Waals surface area contributed by atoms with Crippen LogP contribution in [0.3, 0.4) is 0 Å². The van der Waals surface area contributed by atoms with Crippen LogP contribution >= 0.6 is 0 Å². The summed E-state index contributed by atoms with van der Waals surface area (Å²) in [6.45, 7) is 3.53. The van der Waals surface area contributed by atoms with Gasteiger partial charge >= 0.3 is 0 Å². The average Bonchev–Trinajstić information content (AvgIpc) is 2.53. The van der Waals surface area contributed by atoms with Crippen molar-refractivity contribution >= 4 is 5.82 Å². The van der Waals surface area contributed by atoms with Gasteiger partial charge in [-0.05, 0) is 73.6 Å². The fourth-order valence-corrected chi connectivity index (χ4v) is 2.81. The first-order chi connectivity index (χ1) is 10.3. The summed E-state index contributed by atoms with van der Waals surface area (Å²) in [4.78, 5) is 4.28. The van der Waals surface area contributed by atoms with Gasteiger partial charge in [0.25, 0.3) is 0 Å². The molecule has 0 bridgehead atoms. The standard InChI is InChI=1S/C18H22N2O/c1-2-19-18-11-14(9-10-20-18)13-21-17-8-7-15-5-3-4-6-16(15)12-17/h7-12H,2-6,13H2,1H3,(H,19,20). The maximum atomic E-state index is 5.94. The number of ether oxygens (including phenoxy) is 1. The Kier molecular flexibility index (Phi) is 4.39. The highest BCUT2D eigenvalue weighted by Gasteiger charge is 2.09. The Bertz CT molecular complexity index is 610. The third kappa shape index (κ3) is 3.54. The highest BCUT2D eigenvalue weighted by atomic mass is 16.5. The third-order valence-electron chi connectivity index (χ3n) is 3.91. The van der Waals surface area contributed by atoms with Gasteiger partial charge in [0.15, 0.2) is 0 Å². The molecule has 1 aromatic carbocycles. The summed E-state index contributed by atoms with van der Waals surface area (Å²) in [6.07, 6.45) is 6.84. The molecule has 21 heavy (non-hydrogen) atoms. The van der Waals surface area contributed by atoms with Crippen molar-refractivity contribution in [1.82, 2.24) is 4.98 Å². The first-order valence-corrected chi connectivity index (χ1v) is 7.78. The summed E-state index contributed by atoms with van der Waals surface area (Å²) in [7, 11) is 0. The average molecular weight is 282 g/mol. The fourth-order valence-electron chi connectivity index (χ4n) is 2.81. The van der Waals surface area contributed by atoms with Gasteiger partial charge < -0.3 is 10.1 Å². The Hall–Kier alpha value is -2.03. The highest BCUT2D eigenvalue weighted by Crippen LogP contribution is 2.25. The Morgan fingerprint density at radius 2 is 1.95 bits per heavy atom. The molecule has 0 radical (unpaired) electrons. The van der Waals surface area contributed by atoms with Crippen molar-refractivity contribution in [3.63, 3.8) is 0 Å². The van der Waals surface area contributed by atoms with Gasteiger partial charge in [-0.15, -0.1) is 0 Å². The lowest BCUT2D eigenvalue weighted by atomic mass is 9.92. The summed E-state index contributed by atoms with van der Waals surface area (Å²) in [5.41, 5.74) is 4.09. The van der Waals surface area contributed by atoms with Crippen LogP contribution in [0.1, 0.15) is 36.5 Å². The second kappa shape index (κ2) is 6.61. The molecule has 1 N–H and O–H groups in total. The van der Waals surface area contributed by atoms with Crippen LogP contribution in [0.25, 0.3) is 0 Å². The Labute approximate surface area is 126 Å². The van der Waals surface area contributed by atoms with E-state index in [1.54, 1.807) is 0 Å². The summed E-state index contributed by atoms with van der Waals surface area (Å²) in [6, 6.07) is 10.6. The van der Waals surface area contributed by atoms with Gasteiger partial charge in [-0.2, -0.15) is 0 Å². The predicted molar refractivity (Wildman–Crippen MR) is 85.8 cm³/mol. The molecule has 0 spiro atoms. The van der Waals surface area contributed by atoms with Crippen LogP contribution in [-0.2, 0) is 19.4 Å². The van der Waals surface area contributed by atoms with E-state index in [4.69, 9.17) is 4.74 Å². The SMILES string of the molecule is CCNc1cc(COc2ccc3c(c2)CCCC3)ccn1. The number of aromatic nitrogens is 1. The molecule has 0 atom stereocenters. The van der Waals surface area contributed by atoms with E-state index in [1.807, 2.05) is 18.3 Å². The smallest absolute Gasteiger partial charge is 0.126 e. The van der Waals surface area contributed by atoms with Crippen LogP contribution in [0.2, 0.25) is 0 Å². The minimum absolute atomic E-state index is 0.583. The lowest BCUT2D eigenvalue weighted by Crippen LogP contribution is -2.04. The van der Waals surface area contributed by atoms with Crippen molar-refractivity contribution in [3.8, 4) is 5.75 Å². The first-order valence-electron chi connectivity index (χ1n) is 7.78. The van der Waals surface area contributed by atoms with Gasteiger partial charge in [-0.1, -0.05) is 6.07 Å². The van der Waals surface area contributed by atoms with E-state index in [0.29, 0.717) is 6.61 Å². The van der Waals surface area contributed by atoms with Gasteiger partial charge in [0.1, 0.15) is 18.2 Å². The first kappa shape index (κ1) is 13.9. The van der Waals surface area contributed by atoms with E-state index >= 15 is 0 Å². The van der Waals surface area contributed by atoms with Crippen LogP contribution in [0.5, 0.6) is 5.75 Å². The normalized spacial score (nSPS) is 13.6. The van der Waals surface area contributed by atoms with Gasteiger partial charge in [0.2, 0.25) is 0 Å². The van der Waals surface area contributed by atoms with Gasteiger partial charge in [-0.3, -0.25) is 0 Å². The second-order valence-electron chi connectivity index (χ2n) is 5.51. The number of nitrogens with one attached hydrogen (secondary N) is 1. The molecular formula is C18H22N2O. The van der Waals surface area contributed by atoms with Crippen LogP contribution < -0.4 is 10.1 Å². The molecule has 0 amide bonds. The Morgan fingerprint density at radius 3 is 2.81 bits per heavy atom. The highest BCUT2D eigenvalue weighted by molar-refractivity contribution is 5.39. The predicted octanol–water partition coefficient (Wildman–Crippen LogP) is 3.97. The van der Waals surface area contributed by atoms with Crippen LogP contribution in [-0.4, -0.2) is 11.5 Å². The molecule has 110 valence electrons. The molecule has 0 saturated heterocycles. The number of pyridine rings is 1. The maximum Gasteiger partial charge on any atom is 0.126 e. The summed E-state index contributed by atoms with van der Waals surface area (Å²) < 4.78 is 5.94. The Morgan fingerprint density at radius 1 is 1.10 bits per heavy atom. The molecule has 3 rings (SSSR count). The van der Waals surface area contributed by atoms with Crippen LogP contribution in [0.15, 0.2) is 36.5 Å². The molecule has 3 heteroatoms. The molecule has 0 fully saturated rings. The monoisotopic (exact) mass is 282 g/mol. The summed E-state index contributed by atoms with van der Waals surface area (Å²) in [5.74, 6) is 1.88. The van der Waals surface area contributed by atoms with E-state index in [1.165, 1.54) is 36.8 Å². The third-order valence-corrected chi connectivity index (χ3v) is 3.91. The molecular weight excluding hydrogens is 260 g/mol. The number of benzene rings is 1. The van der Waals surface area contributed by atoms with Crippen LogP contribution in [0.4, 0.5) is 5.82 Å². The molecule has 0 saturated carbocycles. The molecule has 1 heterocycles. The summed E-state index contributed by atoms with van der Waals surface area (Å²) >= 11 is 0. The minimum atomic E-state index is 0.583.